The molecule has 132 valence electrons. The number of benzene rings is 2. The lowest BCUT2D eigenvalue weighted by molar-refractivity contribution is -0.119. The molecule has 0 aliphatic rings. The van der Waals surface area contributed by atoms with Gasteiger partial charge in [-0.1, -0.05) is 11.6 Å². The topological polar surface area (TPSA) is 73.9 Å². The van der Waals surface area contributed by atoms with Crippen LogP contribution >= 0.6 is 11.6 Å². The average Bonchev–Trinajstić information content (AvgIpc) is 2.61. The predicted octanol–water partition coefficient (Wildman–Crippen LogP) is 3.29. The van der Waals surface area contributed by atoms with Gasteiger partial charge in [-0.15, -0.1) is 0 Å². The lowest BCUT2D eigenvalue weighted by Crippen LogP contribution is -2.21. The van der Waals surface area contributed by atoms with Crippen molar-refractivity contribution in [2.45, 2.75) is 0 Å². The lowest BCUT2D eigenvalue weighted by Gasteiger charge is -2.09. The van der Waals surface area contributed by atoms with Crippen molar-refractivity contribution < 1.29 is 28.2 Å². The van der Waals surface area contributed by atoms with E-state index in [0.29, 0.717) is 11.5 Å². The number of rotatable bonds is 6. The van der Waals surface area contributed by atoms with Gasteiger partial charge in [-0.3, -0.25) is 4.79 Å². The lowest BCUT2D eigenvalue weighted by atomic mass is 10.2. The number of halogens is 2. The number of amides is 1. The second-order valence-electron chi connectivity index (χ2n) is 4.85. The Morgan fingerprint density at radius 1 is 1.08 bits per heavy atom. The van der Waals surface area contributed by atoms with Crippen molar-refractivity contribution in [1.82, 2.24) is 0 Å². The Kier molecular flexibility index (Phi) is 6.19. The van der Waals surface area contributed by atoms with E-state index in [1.165, 1.54) is 38.5 Å². The first kappa shape index (κ1) is 18.5. The molecule has 2 aromatic rings. The zero-order valence-electron chi connectivity index (χ0n) is 13.5. The zero-order chi connectivity index (χ0) is 18.4. The first-order valence-electron chi connectivity index (χ1n) is 7.08. The third-order valence-corrected chi connectivity index (χ3v) is 3.36. The van der Waals surface area contributed by atoms with Crippen molar-refractivity contribution in [2.75, 3.05) is 26.1 Å². The summed E-state index contributed by atoms with van der Waals surface area (Å²) >= 11 is 5.63. The summed E-state index contributed by atoms with van der Waals surface area (Å²) in [7, 11) is 2.88. The molecule has 2 aromatic carbocycles. The third-order valence-electron chi connectivity index (χ3n) is 3.13. The molecule has 0 saturated heterocycles. The molecule has 0 spiro atoms. The fourth-order valence-corrected chi connectivity index (χ4v) is 2.08. The van der Waals surface area contributed by atoms with Crippen molar-refractivity contribution in [3.63, 3.8) is 0 Å². The molecule has 0 fully saturated rings. The first-order chi connectivity index (χ1) is 11.9. The normalized spacial score (nSPS) is 10.1. The van der Waals surface area contributed by atoms with E-state index in [1.807, 2.05) is 0 Å². The van der Waals surface area contributed by atoms with Crippen LogP contribution in [0.5, 0.6) is 11.5 Å². The van der Waals surface area contributed by atoms with Gasteiger partial charge >= 0.3 is 5.97 Å². The van der Waals surface area contributed by atoms with Gasteiger partial charge in [0.1, 0.15) is 17.3 Å². The Bertz CT molecular complexity index is 774. The smallest absolute Gasteiger partial charge is 0.338 e. The van der Waals surface area contributed by atoms with Crippen LogP contribution in [0, 0.1) is 5.82 Å². The molecule has 0 saturated carbocycles. The maximum absolute atomic E-state index is 13.6. The standard InChI is InChI=1S/C17H15ClFNO5/c1-23-12-5-10(6-13(8-12)24-2)17(22)25-9-16(21)20-15-4-3-11(18)7-14(15)19/h3-8H,9H2,1-2H3,(H,20,21). The molecule has 6 nitrogen and oxygen atoms in total. The number of esters is 1. The van der Waals surface area contributed by atoms with Gasteiger partial charge in [-0.25, -0.2) is 9.18 Å². The molecule has 1 N–H and O–H groups in total. The molecular formula is C17H15ClFNO5. The highest BCUT2D eigenvalue weighted by molar-refractivity contribution is 6.30. The largest absolute Gasteiger partial charge is 0.497 e. The van der Waals surface area contributed by atoms with Crippen LogP contribution in [0.25, 0.3) is 0 Å². The zero-order valence-corrected chi connectivity index (χ0v) is 14.2. The van der Waals surface area contributed by atoms with Crippen LogP contribution in [0.3, 0.4) is 0 Å². The minimum absolute atomic E-state index is 0.0616. The summed E-state index contributed by atoms with van der Waals surface area (Å²) in [4.78, 5) is 23.8. The van der Waals surface area contributed by atoms with E-state index in [9.17, 15) is 14.0 Å². The minimum Gasteiger partial charge on any atom is -0.497 e. The van der Waals surface area contributed by atoms with E-state index in [4.69, 9.17) is 25.8 Å². The van der Waals surface area contributed by atoms with Gasteiger partial charge in [0.25, 0.3) is 5.91 Å². The Hall–Kier alpha value is -2.80. The van der Waals surface area contributed by atoms with Crippen LogP contribution in [0.2, 0.25) is 5.02 Å². The molecule has 0 unspecified atom stereocenters. The van der Waals surface area contributed by atoms with Crippen molar-refractivity contribution in [2.24, 2.45) is 0 Å². The fourth-order valence-electron chi connectivity index (χ4n) is 1.92. The van der Waals surface area contributed by atoms with Gasteiger partial charge in [0.2, 0.25) is 0 Å². The molecule has 8 heteroatoms. The van der Waals surface area contributed by atoms with Gasteiger partial charge in [0.05, 0.1) is 25.5 Å². The number of nitrogens with one attached hydrogen (secondary N) is 1. The number of hydrogen-bond donors (Lipinski definition) is 1. The molecule has 0 atom stereocenters. The summed E-state index contributed by atoms with van der Waals surface area (Å²) in [6.07, 6.45) is 0. The van der Waals surface area contributed by atoms with E-state index in [2.05, 4.69) is 5.32 Å². The van der Waals surface area contributed by atoms with Crippen LogP contribution in [0.1, 0.15) is 10.4 Å². The van der Waals surface area contributed by atoms with Crippen molar-refractivity contribution in [3.8, 4) is 11.5 Å². The maximum atomic E-state index is 13.6. The fraction of sp³-hybridized carbons (Fsp3) is 0.176. The van der Waals surface area contributed by atoms with Crippen molar-refractivity contribution in [3.05, 3.63) is 52.8 Å². The summed E-state index contributed by atoms with van der Waals surface area (Å²) in [5.41, 5.74) is 0.0928. The molecule has 0 radical (unpaired) electrons. The highest BCUT2D eigenvalue weighted by atomic mass is 35.5. The molecule has 0 aliphatic carbocycles. The number of anilines is 1. The second kappa shape index (κ2) is 8.34. The predicted molar refractivity (Wildman–Crippen MR) is 89.9 cm³/mol. The molecule has 0 heterocycles. The Morgan fingerprint density at radius 2 is 1.72 bits per heavy atom. The molecule has 0 aliphatic heterocycles. The number of carbonyl (C=O) groups excluding carboxylic acids is 2. The second-order valence-corrected chi connectivity index (χ2v) is 5.29. The SMILES string of the molecule is COc1cc(OC)cc(C(=O)OCC(=O)Nc2ccc(Cl)cc2F)c1. The summed E-state index contributed by atoms with van der Waals surface area (Å²) in [5.74, 6) is -1.32. The Labute approximate surface area is 148 Å². The summed E-state index contributed by atoms with van der Waals surface area (Å²) in [5, 5.41) is 2.49. The number of carbonyl (C=O) groups is 2. The highest BCUT2D eigenvalue weighted by Gasteiger charge is 2.14. The summed E-state index contributed by atoms with van der Waals surface area (Å²) < 4.78 is 28.6. The molecule has 2 rings (SSSR count). The van der Waals surface area contributed by atoms with Gasteiger partial charge in [0.15, 0.2) is 6.61 Å². The minimum atomic E-state index is -0.746. The number of methoxy groups -OCH3 is 2. The van der Waals surface area contributed by atoms with E-state index in [1.54, 1.807) is 6.07 Å². The molecule has 0 aromatic heterocycles. The van der Waals surface area contributed by atoms with Gasteiger partial charge in [-0.2, -0.15) is 0 Å². The summed E-state index contributed by atoms with van der Waals surface area (Å²) in [6, 6.07) is 8.28. The monoisotopic (exact) mass is 367 g/mol. The molecule has 25 heavy (non-hydrogen) atoms. The van der Waals surface area contributed by atoms with Crippen LogP contribution in [-0.4, -0.2) is 32.7 Å². The molecule has 0 bridgehead atoms. The third kappa shape index (κ3) is 5.09. The Balaban J connectivity index is 1.98. The number of ether oxygens (including phenoxy) is 3. The van der Waals surface area contributed by atoms with Gasteiger partial charge in [-0.05, 0) is 30.3 Å². The maximum Gasteiger partial charge on any atom is 0.338 e. The van der Waals surface area contributed by atoms with E-state index in [-0.39, 0.29) is 16.3 Å². The van der Waals surface area contributed by atoms with E-state index < -0.39 is 24.3 Å². The number of hydrogen-bond acceptors (Lipinski definition) is 5. The molecular weight excluding hydrogens is 353 g/mol. The Morgan fingerprint density at radius 3 is 2.28 bits per heavy atom. The quantitative estimate of drug-likeness (QED) is 0.793. The van der Waals surface area contributed by atoms with Gasteiger partial charge in [0, 0.05) is 11.1 Å². The summed E-state index contributed by atoms with van der Waals surface area (Å²) in [6.45, 7) is -0.583. The van der Waals surface area contributed by atoms with Crippen molar-refractivity contribution >= 4 is 29.2 Å². The molecule has 1 amide bonds. The van der Waals surface area contributed by atoms with Gasteiger partial charge < -0.3 is 19.5 Å². The van der Waals surface area contributed by atoms with Crippen molar-refractivity contribution in [1.29, 1.82) is 0 Å². The van der Waals surface area contributed by atoms with Crippen LogP contribution < -0.4 is 14.8 Å². The highest BCUT2D eigenvalue weighted by Crippen LogP contribution is 2.23. The van der Waals surface area contributed by atoms with Crippen LogP contribution in [0.4, 0.5) is 10.1 Å². The van der Waals surface area contributed by atoms with Crippen LogP contribution in [-0.2, 0) is 9.53 Å². The van der Waals surface area contributed by atoms with E-state index >= 15 is 0 Å². The van der Waals surface area contributed by atoms with E-state index in [0.717, 1.165) is 6.07 Å². The van der Waals surface area contributed by atoms with Crippen LogP contribution in [0.15, 0.2) is 36.4 Å². The average molecular weight is 368 g/mol. The first-order valence-corrected chi connectivity index (χ1v) is 7.46.